The zero-order valence-electron chi connectivity index (χ0n) is 14.4. The van der Waals surface area contributed by atoms with Crippen LogP contribution in [0.3, 0.4) is 0 Å². The van der Waals surface area contributed by atoms with Crippen molar-refractivity contribution < 1.29 is 19.1 Å². The van der Waals surface area contributed by atoms with Crippen LogP contribution in [0.2, 0.25) is 0 Å². The predicted octanol–water partition coefficient (Wildman–Crippen LogP) is 2.82. The van der Waals surface area contributed by atoms with Crippen LogP contribution >= 0.6 is 0 Å². The number of ether oxygens (including phenoxy) is 2. The molecule has 1 aliphatic rings. The molecule has 5 heteroatoms. The fourth-order valence-electron chi connectivity index (χ4n) is 3.14. The van der Waals surface area contributed by atoms with E-state index in [2.05, 4.69) is 0 Å². The van der Waals surface area contributed by atoms with Gasteiger partial charge in [0, 0.05) is 6.42 Å². The van der Waals surface area contributed by atoms with Gasteiger partial charge in [0.1, 0.15) is 0 Å². The summed E-state index contributed by atoms with van der Waals surface area (Å²) in [6, 6.07) is 15.2. The van der Waals surface area contributed by atoms with Crippen molar-refractivity contribution in [1.82, 2.24) is 4.90 Å². The number of benzene rings is 2. The van der Waals surface area contributed by atoms with Gasteiger partial charge in [0.25, 0.3) is 0 Å². The molecule has 0 spiro atoms. The van der Waals surface area contributed by atoms with E-state index in [1.807, 2.05) is 36.4 Å². The molecular weight excluding hydrogens is 318 g/mol. The van der Waals surface area contributed by atoms with Gasteiger partial charge in [-0.15, -0.1) is 0 Å². The lowest BCUT2D eigenvalue weighted by Gasteiger charge is -2.16. The second-order valence-electron chi connectivity index (χ2n) is 6.10. The highest BCUT2D eigenvalue weighted by Gasteiger charge is 2.38. The van der Waals surface area contributed by atoms with E-state index < -0.39 is 0 Å². The minimum absolute atomic E-state index is 0.108. The first-order valence-electron chi connectivity index (χ1n) is 8.21. The Morgan fingerprint density at radius 1 is 0.960 bits per heavy atom. The quantitative estimate of drug-likeness (QED) is 0.760. The van der Waals surface area contributed by atoms with Crippen molar-refractivity contribution in [1.29, 1.82) is 0 Å². The third-order valence-electron chi connectivity index (χ3n) is 4.45. The normalized spacial score (nSPS) is 17.0. The molecule has 0 N–H and O–H groups in total. The number of imide groups is 1. The molecule has 0 aromatic heterocycles. The van der Waals surface area contributed by atoms with Crippen molar-refractivity contribution in [3.05, 3.63) is 59.7 Å². The molecule has 5 nitrogen and oxygen atoms in total. The third kappa shape index (κ3) is 3.65. The number of hydrogen-bond acceptors (Lipinski definition) is 4. The lowest BCUT2D eigenvalue weighted by molar-refractivity contribution is -0.140. The Balaban J connectivity index is 1.72. The first-order valence-corrected chi connectivity index (χ1v) is 8.21. The van der Waals surface area contributed by atoms with Crippen LogP contribution in [-0.2, 0) is 22.6 Å². The molecule has 0 saturated carbocycles. The molecule has 1 saturated heterocycles. The van der Waals surface area contributed by atoms with Crippen molar-refractivity contribution in [2.45, 2.75) is 19.4 Å². The zero-order chi connectivity index (χ0) is 17.8. The molecule has 25 heavy (non-hydrogen) atoms. The van der Waals surface area contributed by atoms with E-state index in [4.69, 9.17) is 9.47 Å². The maximum absolute atomic E-state index is 12.7. The molecule has 1 atom stereocenters. The van der Waals surface area contributed by atoms with Gasteiger partial charge in [-0.1, -0.05) is 36.4 Å². The molecule has 0 bridgehead atoms. The lowest BCUT2D eigenvalue weighted by Crippen LogP contribution is -2.30. The van der Waals surface area contributed by atoms with Crippen LogP contribution in [0.1, 0.15) is 17.5 Å². The number of rotatable bonds is 6. The molecule has 0 unspecified atom stereocenters. The minimum atomic E-state index is -0.282. The molecule has 130 valence electrons. The average molecular weight is 339 g/mol. The molecule has 0 radical (unpaired) electrons. The number of methoxy groups -OCH3 is 2. The summed E-state index contributed by atoms with van der Waals surface area (Å²) in [7, 11) is 3.13. The number of amides is 2. The summed E-state index contributed by atoms with van der Waals surface area (Å²) in [6.45, 7) is 0.253. The van der Waals surface area contributed by atoms with Crippen molar-refractivity contribution >= 4 is 11.8 Å². The summed E-state index contributed by atoms with van der Waals surface area (Å²) in [5, 5.41) is 0. The summed E-state index contributed by atoms with van der Waals surface area (Å²) in [6.07, 6.45) is 0.856. The van der Waals surface area contributed by atoms with Gasteiger partial charge >= 0.3 is 0 Å². The number of nitrogens with zero attached hydrogens (tertiary/aromatic N) is 1. The molecular formula is C20H21NO4. The summed E-state index contributed by atoms with van der Waals surface area (Å²) >= 11 is 0. The lowest BCUT2D eigenvalue weighted by atomic mass is 9.98. The molecule has 0 aliphatic carbocycles. The van der Waals surface area contributed by atoms with Crippen LogP contribution in [0.5, 0.6) is 11.5 Å². The largest absolute Gasteiger partial charge is 0.493 e. The summed E-state index contributed by atoms with van der Waals surface area (Å²) < 4.78 is 10.5. The topological polar surface area (TPSA) is 55.8 Å². The van der Waals surface area contributed by atoms with Crippen LogP contribution in [0.25, 0.3) is 0 Å². The van der Waals surface area contributed by atoms with Crippen LogP contribution in [0.4, 0.5) is 0 Å². The van der Waals surface area contributed by atoms with Gasteiger partial charge in [0.05, 0.1) is 26.7 Å². The highest BCUT2D eigenvalue weighted by Crippen LogP contribution is 2.30. The van der Waals surface area contributed by atoms with E-state index in [0.29, 0.717) is 17.9 Å². The highest BCUT2D eigenvalue weighted by atomic mass is 16.5. The maximum atomic E-state index is 12.7. The summed E-state index contributed by atoms with van der Waals surface area (Å²) in [4.78, 5) is 26.3. The highest BCUT2D eigenvalue weighted by molar-refractivity contribution is 6.03. The Labute approximate surface area is 147 Å². The molecule has 2 aromatic rings. The SMILES string of the molecule is COc1ccc(CN2C(=O)C[C@H](Cc3ccccc3)C2=O)cc1OC. The fourth-order valence-corrected chi connectivity index (χ4v) is 3.14. The Hall–Kier alpha value is -2.82. The molecule has 1 heterocycles. The Bertz CT molecular complexity index is 773. The summed E-state index contributed by atoms with van der Waals surface area (Å²) in [5.41, 5.74) is 1.90. The van der Waals surface area contributed by atoms with Crippen LogP contribution in [-0.4, -0.2) is 30.9 Å². The molecule has 1 aliphatic heterocycles. The first-order chi connectivity index (χ1) is 12.1. The molecule has 3 rings (SSSR count). The standard InChI is InChI=1S/C20H21NO4/c1-24-17-9-8-15(11-18(17)25-2)13-21-19(22)12-16(20(21)23)10-14-6-4-3-5-7-14/h3-9,11,16H,10,12-13H2,1-2H3/t16-/m0/s1. The Kier molecular flexibility index (Phi) is 5.03. The monoisotopic (exact) mass is 339 g/mol. The van der Waals surface area contributed by atoms with Crippen LogP contribution in [0.15, 0.2) is 48.5 Å². The van der Waals surface area contributed by atoms with Gasteiger partial charge in [-0.05, 0) is 29.7 Å². The van der Waals surface area contributed by atoms with Gasteiger partial charge in [0.15, 0.2) is 11.5 Å². The molecule has 2 aromatic carbocycles. The van der Waals surface area contributed by atoms with Crippen molar-refractivity contribution in [2.75, 3.05) is 14.2 Å². The fraction of sp³-hybridized carbons (Fsp3) is 0.300. The van der Waals surface area contributed by atoms with Gasteiger partial charge in [-0.3, -0.25) is 14.5 Å². The van der Waals surface area contributed by atoms with E-state index in [0.717, 1.165) is 11.1 Å². The van der Waals surface area contributed by atoms with E-state index in [1.54, 1.807) is 26.4 Å². The smallest absolute Gasteiger partial charge is 0.233 e. The number of hydrogen-bond donors (Lipinski definition) is 0. The van der Waals surface area contributed by atoms with Crippen molar-refractivity contribution in [2.24, 2.45) is 5.92 Å². The molecule has 2 amide bonds. The van der Waals surface area contributed by atoms with Gasteiger partial charge in [-0.2, -0.15) is 0 Å². The number of carbonyl (C=O) groups excluding carboxylic acids is 2. The van der Waals surface area contributed by atoms with Gasteiger partial charge < -0.3 is 9.47 Å². The third-order valence-corrected chi connectivity index (χ3v) is 4.45. The van der Waals surface area contributed by atoms with E-state index in [-0.39, 0.29) is 30.7 Å². The maximum Gasteiger partial charge on any atom is 0.233 e. The van der Waals surface area contributed by atoms with E-state index in [9.17, 15) is 9.59 Å². The van der Waals surface area contributed by atoms with Gasteiger partial charge in [-0.25, -0.2) is 0 Å². The second kappa shape index (κ2) is 7.38. The van der Waals surface area contributed by atoms with Gasteiger partial charge in [0.2, 0.25) is 11.8 Å². The minimum Gasteiger partial charge on any atom is -0.493 e. The Morgan fingerprint density at radius 3 is 2.36 bits per heavy atom. The average Bonchev–Trinajstić information content (AvgIpc) is 2.90. The predicted molar refractivity (Wildman–Crippen MR) is 93.4 cm³/mol. The number of carbonyl (C=O) groups is 2. The van der Waals surface area contributed by atoms with Crippen LogP contribution in [0, 0.1) is 5.92 Å². The van der Waals surface area contributed by atoms with E-state index in [1.165, 1.54) is 4.90 Å². The molecule has 1 fully saturated rings. The first kappa shape index (κ1) is 17.0. The zero-order valence-corrected chi connectivity index (χ0v) is 14.4. The summed E-state index contributed by atoms with van der Waals surface area (Å²) in [5.74, 6) is 0.687. The Morgan fingerprint density at radius 2 is 1.68 bits per heavy atom. The number of likely N-dealkylation sites (tertiary alicyclic amines) is 1. The van der Waals surface area contributed by atoms with Crippen molar-refractivity contribution in [3.63, 3.8) is 0 Å². The second-order valence-corrected chi connectivity index (χ2v) is 6.10. The van der Waals surface area contributed by atoms with E-state index >= 15 is 0 Å². The van der Waals surface area contributed by atoms with Crippen molar-refractivity contribution in [3.8, 4) is 11.5 Å². The van der Waals surface area contributed by atoms with Crippen LogP contribution < -0.4 is 9.47 Å².